The van der Waals surface area contributed by atoms with Crippen LogP contribution in [0.15, 0.2) is 91.0 Å². The van der Waals surface area contributed by atoms with Gasteiger partial charge in [-0.2, -0.15) is 0 Å². The van der Waals surface area contributed by atoms with Gasteiger partial charge in [0.15, 0.2) is 0 Å². The van der Waals surface area contributed by atoms with Crippen molar-refractivity contribution in [3.05, 3.63) is 113 Å². The molecule has 0 radical (unpaired) electrons. The Labute approximate surface area is 286 Å². The molecule has 0 unspecified atom stereocenters. The van der Waals surface area contributed by atoms with E-state index in [0.29, 0.717) is 60.4 Å². The van der Waals surface area contributed by atoms with E-state index >= 15 is 0 Å². The number of sulfonamides is 1. The van der Waals surface area contributed by atoms with Crippen LogP contribution in [-0.4, -0.2) is 44.8 Å². The van der Waals surface area contributed by atoms with E-state index in [2.05, 4.69) is 27.1 Å². The Morgan fingerprint density at radius 2 is 1.54 bits per heavy atom. The number of halogens is 1. The fraction of sp³-hybridized carbons (Fsp3) is 0.278. The monoisotopic (exact) mass is 693 g/mol. The van der Waals surface area contributed by atoms with Crippen LogP contribution < -0.4 is 24.4 Å². The summed E-state index contributed by atoms with van der Waals surface area (Å²) >= 11 is 6.33. The molecule has 3 N–H and O–H groups in total. The average molecular weight is 694 g/mol. The molecule has 0 fully saturated rings. The lowest BCUT2D eigenvalue weighted by Gasteiger charge is -2.28. The van der Waals surface area contributed by atoms with Gasteiger partial charge in [-0.3, -0.25) is 14.3 Å². The van der Waals surface area contributed by atoms with E-state index in [1.807, 2.05) is 61.5 Å². The van der Waals surface area contributed by atoms with Crippen molar-refractivity contribution in [3.8, 4) is 17.2 Å². The van der Waals surface area contributed by atoms with E-state index in [1.165, 1.54) is 0 Å². The van der Waals surface area contributed by atoms with Crippen molar-refractivity contribution in [1.82, 2.24) is 5.32 Å². The first kappa shape index (κ1) is 36.1. The van der Waals surface area contributed by atoms with E-state index < -0.39 is 16.0 Å². The van der Waals surface area contributed by atoms with Gasteiger partial charge in [0, 0.05) is 44.2 Å². The van der Waals surface area contributed by atoms with E-state index in [9.17, 15) is 18.0 Å². The topological polar surface area (TPSA) is 134 Å². The Morgan fingerprint density at radius 1 is 0.854 bits per heavy atom. The molecule has 0 aliphatic heterocycles. The maximum absolute atomic E-state index is 12.0. The third-order valence-corrected chi connectivity index (χ3v) is 8.19. The summed E-state index contributed by atoms with van der Waals surface area (Å²) in [5.41, 5.74) is 4.44. The maximum atomic E-state index is 12.0. The molecule has 0 bridgehead atoms. The van der Waals surface area contributed by atoms with E-state index in [1.54, 1.807) is 24.3 Å². The van der Waals surface area contributed by atoms with Gasteiger partial charge in [0.2, 0.25) is 15.9 Å². The van der Waals surface area contributed by atoms with Crippen molar-refractivity contribution in [3.63, 3.8) is 0 Å². The number of anilines is 2. The smallest absolute Gasteiger partial charge is 0.303 e. The first-order valence-corrected chi connectivity index (χ1v) is 17.8. The minimum atomic E-state index is -3.44. The molecule has 254 valence electrons. The highest BCUT2D eigenvalue weighted by molar-refractivity contribution is 7.92. The second kappa shape index (κ2) is 17.4. The SMILES string of the molecule is Cc1c(NS(C)(=O)=O)cccc1N(Cc1ccccc1)Cc1ccc(Oc2ccc(Cl)c(OCCCC(=O)NCCCC(=O)O)c2)cc1. The number of hydrogen-bond acceptors (Lipinski definition) is 7. The first-order valence-electron chi connectivity index (χ1n) is 15.5. The molecule has 0 aliphatic rings. The fourth-order valence-electron chi connectivity index (χ4n) is 4.95. The molecule has 0 atom stereocenters. The van der Waals surface area contributed by atoms with Crippen LogP contribution in [0.1, 0.15) is 42.4 Å². The number of ether oxygens (including phenoxy) is 2. The number of rotatable bonds is 18. The molecule has 1 amide bonds. The van der Waals surface area contributed by atoms with Crippen molar-refractivity contribution >= 4 is 44.9 Å². The predicted molar refractivity (Wildman–Crippen MR) is 189 cm³/mol. The second-order valence-corrected chi connectivity index (χ2v) is 13.5. The van der Waals surface area contributed by atoms with Crippen molar-refractivity contribution in [1.29, 1.82) is 0 Å². The van der Waals surface area contributed by atoms with E-state index in [0.717, 1.165) is 28.6 Å². The molecule has 0 aromatic heterocycles. The van der Waals surface area contributed by atoms with Crippen LogP contribution in [0.2, 0.25) is 5.02 Å². The third kappa shape index (κ3) is 11.8. The maximum Gasteiger partial charge on any atom is 0.303 e. The molecule has 0 saturated carbocycles. The Balaban J connectivity index is 1.38. The number of nitrogens with one attached hydrogen (secondary N) is 2. The van der Waals surface area contributed by atoms with Gasteiger partial charge in [0.05, 0.1) is 23.6 Å². The van der Waals surface area contributed by atoms with Gasteiger partial charge in [-0.15, -0.1) is 0 Å². The van der Waals surface area contributed by atoms with Crippen LogP contribution in [0.4, 0.5) is 11.4 Å². The van der Waals surface area contributed by atoms with Gasteiger partial charge in [-0.05, 0) is 72.9 Å². The number of hydrogen-bond donors (Lipinski definition) is 3. The Bertz CT molecular complexity index is 1790. The van der Waals surface area contributed by atoms with E-state index in [4.69, 9.17) is 26.2 Å². The number of benzene rings is 4. The molecular formula is C36H40ClN3O7S. The van der Waals surface area contributed by atoms with Gasteiger partial charge in [-0.25, -0.2) is 8.42 Å². The highest BCUT2D eigenvalue weighted by Gasteiger charge is 2.15. The van der Waals surface area contributed by atoms with Gasteiger partial charge in [-0.1, -0.05) is 60.1 Å². The minimum Gasteiger partial charge on any atom is -0.492 e. The summed E-state index contributed by atoms with van der Waals surface area (Å²) in [6, 6.07) is 28.6. The van der Waals surface area contributed by atoms with E-state index in [-0.39, 0.29) is 25.4 Å². The van der Waals surface area contributed by atoms with Crippen LogP contribution >= 0.6 is 11.6 Å². The molecule has 0 saturated heterocycles. The minimum absolute atomic E-state index is 0.0149. The molecule has 4 aromatic rings. The summed E-state index contributed by atoms with van der Waals surface area (Å²) in [7, 11) is -3.44. The summed E-state index contributed by atoms with van der Waals surface area (Å²) in [5, 5.41) is 11.8. The number of nitrogens with zero attached hydrogens (tertiary/aromatic N) is 1. The lowest BCUT2D eigenvalue weighted by molar-refractivity contribution is -0.137. The number of carbonyl (C=O) groups is 2. The van der Waals surface area contributed by atoms with Crippen LogP contribution in [0.3, 0.4) is 0 Å². The molecule has 12 heteroatoms. The standard InChI is InChI=1S/C36H40ClN3O7S/c1-26-32(39-48(2,44)45)11-6-12-33(26)40(24-27-9-4-3-5-10-27)25-28-15-17-29(18-16-28)47-30-19-20-31(37)34(23-30)46-22-8-13-35(41)38-21-7-14-36(42)43/h3-6,9-12,15-20,23,39H,7-8,13-14,21-22,24-25H2,1-2H3,(H,38,41)(H,42,43). The second-order valence-electron chi connectivity index (χ2n) is 11.3. The molecule has 0 spiro atoms. The lowest BCUT2D eigenvalue weighted by Crippen LogP contribution is -2.25. The van der Waals surface area contributed by atoms with Gasteiger partial charge in [0.25, 0.3) is 0 Å². The zero-order valence-electron chi connectivity index (χ0n) is 26.9. The Morgan fingerprint density at radius 3 is 2.23 bits per heavy atom. The van der Waals surface area contributed by atoms with Crippen molar-refractivity contribution < 1.29 is 32.6 Å². The highest BCUT2D eigenvalue weighted by Crippen LogP contribution is 2.33. The quantitative estimate of drug-likeness (QED) is 0.0935. The Hall–Kier alpha value is -4.74. The highest BCUT2D eigenvalue weighted by atomic mass is 35.5. The molecular weight excluding hydrogens is 654 g/mol. The van der Waals surface area contributed by atoms with Gasteiger partial charge >= 0.3 is 5.97 Å². The summed E-state index contributed by atoms with van der Waals surface area (Å²) in [6.45, 7) is 3.69. The molecule has 0 heterocycles. The largest absolute Gasteiger partial charge is 0.492 e. The van der Waals surface area contributed by atoms with Crippen molar-refractivity contribution in [2.45, 2.75) is 45.7 Å². The summed E-state index contributed by atoms with van der Waals surface area (Å²) in [5.74, 6) is 0.547. The first-order chi connectivity index (χ1) is 23.0. The number of carboxylic acids is 1. The molecule has 48 heavy (non-hydrogen) atoms. The molecule has 4 aromatic carbocycles. The summed E-state index contributed by atoms with van der Waals surface area (Å²) in [4.78, 5) is 24.7. The van der Waals surface area contributed by atoms with Crippen LogP contribution in [0.5, 0.6) is 17.2 Å². The normalized spacial score (nSPS) is 11.1. The summed E-state index contributed by atoms with van der Waals surface area (Å²) in [6.07, 6.45) is 2.26. The predicted octanol–water partition coefficient (Wildman–Crippen LogP) is 7.16. The Kier molecular flexibility index (Phi) is 13.1. The third-order valence-electron chi connectivity index (χ3n) is 7.29. The van der Waals surface area contributed by atoms with Crippen LogP contribution in [-0.2, 0) is 32.7 Å². The zero-order valence-corrected chi connectivity index (χ0v) is 28.5. The number of carbonyl (C=O) groups excluding carboxylic acids is 1. The summed E-state index contributed by atoms with van der Waals surface area (Å²) < 4.78 is 38.5. The van der Waals surface area contributed by atoms with Crippen LogP contribution in [0.25, 0.3) is 0 Å². The zero-order chi connectivity index (χ0) is 34.5. The molecule has 4 rings (SSSR count). The number of aliphatic carboxylic acids is 1. The fourth-order valence-corrected chi connectivity index (χ4v) is 5.75. The van der Waals surface area contributed by atoms with Crippen molar-refractivity contribution in [2.75, 3.05) is 29.0 Å². The number of amides is 1. The van der Waals surface area contributed by atoms with Crippen molar-refractivity contribution in [2.24, 2.45) is 0 Å². The van der Waals surface area contributed by atoms with Gasteiger partial charge < -0.3 is 24.8 Å². The number of carboxylic acid groups (broad SMARTS) is 1. The van der Waals surface area contributed by atoms with Crippen LogP contribution in [0, 0.1) is 6.92 Å². The average Bonchev–Trinajstić information content (AvgIpc) is 3.04. The van der Waals surface area contributed by atoms with Gasteiger partial charge in [0.1, 0.15) is 17.2 Å². The molecule has 0 aliphatic carbocycles. The lowest BCUT2D eigenvalue weighted by atomic mass is 10.1. The molecule has 10 nitrogen and oxygen atoms in total.